The Bertz CT molecular complexity index is 663. The summed E-state index contributed by atoms with van der Waals surface area (Å²) in [7, 11) is 3.58. The lowest BCUT2D eigenvalue weighted by Crippen LogP contribution is -2.17. The van der Waals surface area contributed by atoms with Crippen LogP contribution in [0.1, 0.15) is 16.2 Å². The summed E-state index contributed by atoms with van der Waals surface area (Å²) in [5.41, 5.74) is 6.09. The molecule has 0 saturated carbocycles. The van der Waals surface area contributed by atoms with E-state index in [1.807, 2.05) is 6.07 Å². The van der Waals surface area contributed by atoms with Gasteiger partial charge in [-0.15, -0.1) is 0 Å². The van der Waals surface area contributed by atoms with E-state index in [0.717, 1.165) is 3.57 Å². The second kappa shape index (κ2) is 6.66. The second-order valence-electron chi connectivity index (χ2n) is 4.39. The van der Waals surface area contributed by atoms with Crippen molar-refractivity contribution in [1.82, 2.24) is 15.0 Å². The van der Waals surface area contributed by atoms with E-state index in [1.54, 1.807) is 37.2 Å². The summed E-state index contributed by atoms with van der Waals surface area (Å²) in [5, 5.41) is 0. The molecule has 110 valence electrons. The number of ether oxygens (including phenoxy) is 1. The lowest BCUT2D eigenvalue weighted by atomic mass is 10.2. The van der Waals surface area contributed by atoms with E-state index >= 15 is 0 Å². The molecule has 1 aromatic heterocycles. The molecule has 2 rings (SSSR count). The highest BCUT2D eigenvalue weighted by Crippen LogP contribution is 2.11. The molecule has 8 heteroatoms. The summed E-state index contributed by atoms with van der Waals surface area (Å²) in [6, 6.07) is 7.13. The molecule has 1 aromatic carbocycles. The minimum absolute atomic E-state index is 0.0577. The summed E-state index contributed by atoms with van der Waals surface area (Å²) in [4.78, 5) is 25.7. The molecular weight excluding hydrogens is 385 g/mol. The van der Waals surface area contributed by atoms with Gasteiger partial charge in [-0.1, -0.05) is 6.07 Å². The number of carbonyl (C=O) groups excluding carboxylic acids is 1. The van der Waals surface area contributed by atoms with Gasteiger partial charge in [-0.05, 0) is 40.8 Å². The Morgan fingerprint density at radius 2 is 2.10 bits per heavy atom. The predicted octanol–water partition coefficient (Wildman–Crippen LogP) is 1.48. The third kappa shape index (κ3) is 4.25. The van der Waals surface area contributed by atoms with E-state index in [4.69, 9.17) is 10.5 Å². The summed E-state index contributed by atoms with van der Waals surface area (Å²) in [5.74, 6) is 0.390. The van der Waals surface area contributed by atoms with Gasteiger partial charge in [0.1, 0.15) is 0 Å². The van der Waals surface area contributed by atoms with E-state index < -0.39 is 5.97 Å². The fourth-order valence-corrected chi connectivity index (χ4v) is 2.06. The van der Waals surface area contributed by atoms with Crippen LogP contribution in [-0.2, 0) is 11.3 Å². The van der Waals surface area contributed by atoms with Gasteiger partial charge in [0.15, 0.2) is 12.4 Å². The fourth-order valence-electron chi connectivity index (χ4n) is 1.52. The average Bonchev–Trinajstić information content (AvgIpc) is 2.44. The van der Waals surface area contributed by atoms with E-state index in [-0.39, 0.29) is 12.6 Å². The Kier molecular flexibility index (Phi) is 4.89. The minimum Gasteiger partial charge on any atom is -0.454 e. The van der Waals surface area contributed by atoms with Gasteiger partial charge >= 0.3 is 5.97 Å². The van der Waals surface area contributed by atoms with E-state index in [9.17, 15) is 4.79 Å². The zero-order valence-corrected chi connectivity index (χ0v) is 13.7. The first-order valence-corrected chi connectivity index (χ1v) is 7.14. The third-order valence-corrected chi connectivity index (χ3v) is 3.15. The Balaban J connectivity index is 2.08. The molecule has 0 fully saturated rings. The number of anilines is 2. The van der Waals surface area contributed by atoms with Crippen molar-refractivity contribution in [3.8, 4) is 0 Å². The Hall–Kier alpha value is -1.97. The van der Waals surface area contributed by atoms with Gasteiger partial charge in [0.2, 0.25) is 11.9 Å². The zero-order chi connectivity index (χ0) is 15.4. The standard InChI is InChI=1S/C13H14IN5O2/c1-19(2)13-17-10(16-12(15)18-13)7-21-11(20)8-4-3-5-9(14)6-8/h3-6H,7H2,1-2H3,(H2,15,16,17,18). The monoisotopic (exact) mass is 399 g/mol. The maximum Gasteiger partial charge on any atom is 0.338 e. The fraction of sp³-hybridized carbons (Fsp3) is 0.231. The number of nitrogen functional groups attached to an aromatic ring is 1. The van der Waals surface area contributed by atoms with Gasteiger partial charge in [-0.3, -0.25) is 0 Å². The maximum absolute atomic E-state index is 11.9. The van der Waals surface area contributed by atoms with Gasteiger partial charge < -0.3 is 15.4 Å². The normalized spacial score (nSPS) is 10.2. The van der Waals surface area contributed by atoms with Crippen molar-refractivity contribution in [1.29, 1.82) is 0 Å². The number of benzene rings is 1. The molecule has 0 radical (unpaired) electrons. The molecule has 0 bridgehead atoms. The molecule has 0 atom stereocenters. The number of nitrogens with zero attached hydrogens (tertiary/aromatic N) is 4. The van der Waals surface area contributed by atoms with Crippen molar-refractivity contribution in [3.05, 3.63) is 39.2 Å². The number of rotatable bonds is 4. The molecular formula is C13H14IN5O2. The smallest absolute Gasteiger partial charge is 0.338 e. The molecule has 21 heavy (non-hydrogen) atoms. The van der Waals surface area contributed by atoms with E-state index in [2.05, 4.69) is 37.5 Å². The highest BCUT2D eigenvalue weighted by Gasteiger charge is 2.11. The first-order valence-electron chi connectivity index (χ1n) is 6.06. The molecule has 0 saturated heterocycles. The van der Waals surface area contributed by atoms with Crippen molar-refractivity contribution in [2.24, 2.45) is 0 Å². The van der Waals surface area contributed by atoms with Crippen LogP contribution in [0.5, 0.6) is 0 Å². The Morgan fingerprint density at radius 3 is 2.76 bits per heavy atom. The van der Waals surface area contributed by atoms with Gasteiger partial charge in [0.05, 0.1) is 5.56 Å². The van der Waals surface area contributed by atoms with Crippen LogP contribution in [-0.4, -0.2) is 35.0 Å². The molecule has 0 amide bonds. The van der Waals surface area contributed by atoms with E-state index in [0.29, 0.717) is 17.3 Å². The quantitative estimate of drug-likeness (QED) is 0.615. The number of hydrogen-bond acceptors (Lipinski definition) is 7. The van der Waals surface area contributed by atoms with Crippen LogP contribution in [0, 0.1) is 3.57 Å². The van der Waals surface area contributed by atoms with Crippen molar-refractivity contribution < 1.29 is 9.53 Å². The van der Waals surface area contributed by atoms with Crippen molar-refractivity contribution in [2.75, 3.05) is 24.7 Å². The molecule has 7 nitrogen and oxygen atoms in total. The largest absolute Gasteiger partial charge is 0.454 e. The molecule has 0 unspecified atom stereocenters. The predicted molar refractivity (Wildman–Crippen MR) is 86.8 cm³/mol. The molecule has 0 aliphatic carbocycles. The van der Waals surface area contributed by atoms with Gasteiger partial charge in [0.25, 0.3) is 0 Å². The SMILES string of the molecule is CN(C)c1nc(N)nc(COC(=O)c2cccc(I)c2)n1. The van der Waals surface area contributed by atoms with Gasteiger partial charge in [-0.25, -0.2) is 4.79 Å². The first-order chi connectivity index (χ1) is 9.95. The lowest BCUT2D eigenvalue weighted by Gasteiger charge is -2.11. The summed E-state index contributed by atoms with van der Waals surface area (Å²) >= 11 is 2.13. The Labute approximate surface area is 135 Å². The number of hydrogen-bond donors (Lipinski definition) is 1. The van der Waals surface area contributed by atoms with Crippen molar-refractivity contribution >= 4 is 40.5 Å². The van der Waals surface area contributed by atoms with Crippen LogP contribution in [0.2, 0.25) is 0 Å². The minimum atomic E-state index is -0.432. The second-order valence-corrected chi connectivity index (χ2v) is 5.64. The zero-order valence-electron chi connectivity index (χ0n) is 11.6. The molecule has 0 spiro atoms. The molecule has 2 aromatic rings. The number of nitrogens with two attached hydrogens (primary N) is 1. The van der Waals surface area contributed by atoms with Crippen molar-refractivity contribution in [2.45, 2.75) is 6.61 Å². The first kappa shape index (κ1) is 15.4. The summed E-state index contributed by atoms with van der Waals surface area (Å²) < 4.78 is 6.15. The van der Waals surface area contributed by atoms with Crippen LogP contribution in [0.25, 0.3) is 0 Å². The number of halogens is 1. The van der Waals surface area contributed by atoms with Gasteiger partial charge in [-0.2, -0.15) is 15.0 Å². The average molecular weight is 399 g/mol. The van der Waals surface area contributed by atoms with Crippen molar-refractivity contribution in [3.63, 3.8) is 0 Å². The molecule has 0 aliphatic rings. The highest BCUT2D eigenvalue weighted by atomic mass is 127. The molecule has 2 N–H and O–H groups in total. The molecule has 1 heterocycles. The van der Waals surface area contributed by atoms with Crippen LogP contribution < -0.4 is 10.6 Å². The van der Waals surface area contributed by atoms with E-state index in [1.165, 1.54) is 0 Å². The summed E-state index contributed by atoms with van der Waals surface area (Å²) in [6.45, 7) is -0.0577. The molecule has 0 aliphatic heterocycles. The number of esters is 1. The maximum atomic E-state index is 11.9. The topological polar surface area (TPSA) is 94.2 Å². The number of aromatic nitrogens is 3. The number of carbonyl (C=O) groups is 1. The lowest BCUT2D eigenvalue weighted by molar-refractivity contribution is 0.0462. The third-order valence-electron chi connectivity index (χ3n) is 2.48. The van der Waals surface area contributed by atoms with Gasteiger partial charge in [0, 0.05) is 17.7 Å². The van der Waals surface area contributed by atoms with Crippen LogP contribution in [0.15, 0.2) is 24.3 Å². The van der Waals surface area contributed by atoms with Crippen LogP contribution in [0.3, 0.4) is 0 Å². The van der Waals surface area contributed by atoms with Crippen LogP contribution in [0.4, 0.5) is 11.9 Å². The van der Waals surface area contributed by atoms with Crippen LogP contribution >= 0.6 is 22.6 Å². The highest BCUT2D eigenvalue weighted by molar-refractivity contribution is 14.1. The summed E-state index contributed by atoms with van der Waals surface area (Å²) in [6.07, 6.45) is 0. The Morgan fingerprint density at radius 1 is 1.33 bits per heavy atom.